The molecule has 1 aromatic heterocycles. The maximum atomic E-state index is 11.7. The molecule has 1 saturated heterocycles. The summed E-state index contributed by atoms with van der Waals surface area (Å²) in [6.45, 7) is 4.66. The monoisotopic (exact) mass is 351 g/mol. The summed E-state index contributed by atoms with van der Waals surface area (Å²) in [5.74, 6) is 1.27. The highest BCUT2D eigenvalue weighted by molar-refractivity contribution is 7.91. The zero-order valence-corrected chi connectivity index (χ0v) is 14.4. The van der Waals surface area contributed by atoms with Crippen LogP contribution in [0.4, 0.5) is 11.6 Å². The largest absolute Gasteiger partial charge is 0.369 e. The molecule has 5 nitrogen and oxygen atoms in total. The van der Waals surface area contributed by atoms with Gasteiger partial charge in [0.1, 0.15) is 11.6 Å². The van der Waals surface area contributed by atoms with Crippen LogP contribution in [0.25, 0.3) is 0 Å². The van der Waals surface area contributed by atoms with Crippen molar-refractivity contribution < 1.29 is 8.42 Å². The molecule has 21 heavy (non-hydrogen) atoms. The molecule has 1 atom stereocenters. The third kappa shape index (κ3) is 4.14. The Morgan fingerprint density at radius 1 is 1.33 bits per heavy atom. The summed E-state index contributed by atoms with van der Waals surface area (Å²) < 4.78 is 23.3. The van der Waals surface area contributed by atoms with Gasteiger partial charge in [-0.1, -0.05) is 30.1 Å². The first kappa shape index (κ1) is 16.6. The molecule has 1 fully saturated rings. The average molecular weight is 352 g/mol. The number of aromatic nitrogens is 1. The summed E-state index contributed by atoms with van der Waals surface area (Å²) in [4.78, 5) is 4.38. The highest BCUT2D eigenvalue weighted by Gasteiger charge is 2.39. The Labute approximate surface area is 135 Å². The number of anilines is 2. The fourth-order valence-corrected chi connectivity index (χ4v) is 4.88. The van der Waals surface area contributed by atoms with Gasteiger partial charge in [-0.25, -0.2) is 13.4 Å². The Morgan fingerprint density at radius 2 is 2.00 bits per heavy atom. The van der Waals surface area contributed by atoms with Crippen molar-refractivity contribution >= 4 is 44.7 Å². The Bertz CT molecular complexity index is 637. The van der Waals surface area contributed by atoms with Crippen molar-refractivity contribution in [3.05, 3.63) is 16.1 Å². The minimum absolute atomic E-state index is 0.0817. The number of hydrogen-bond donors (Lipinski definition) is 2. The van der Waals surface area contributed by atoms with Crippen LogP contribution in [0.15, 0.2) is 6.07 Å². The van der Waals surface area contributed by atoms with Crippen molar-refractivity contribution in [1.29, 1.82) is 0 Å². The quantitative estimate of drug-likeness (QED) is 0.852. The molecular formula is C13H19Cl2N3O2S. The van der Waals surface area contributed by atoms with Gasteiger partial charge in [-0.3, -0.25) is 0 Å². The normalized spacial score (nSPS) is 24.0. The molecule has 2 N–H and O–H groups in total. The van der Waals surface area contributed by atoms with Gasteiger partial charge in [0, 0.05) is 6.54 Å². The van der Waals surface area contributed by atoms with Crippen LogP contribution in [-0.2, 0) is 9.84 Å². The summed E-state index contributed by atoms with van der Waals surface area (Å²) in [5.41, 5.74) is -0.550. The highest BCUT2D eigenvalue weighted by Crippen LogP contribution is 2.33. The SMILES string of the molecule is CCCNc1nc(NC2(C)CCS(=O)(=O)C2)c(Cl)cc1Cl. The summed E-state index contributed by atoms with van der Waals surface area (Å²) in [5, 5.41) is 7.12. The van der Waals surface area contributed by atoms with Gasteiger partial charge in [0.2, 0.25) is 0 Å². The molecule has 0 radical (unpaired) electrons. The van der Waals surface area contributed by atoms with Gasteiger partial charge < -0.3 is 10.6 Å². The third-order valence-electron chi connectivity index (χ3n) is 3.40. The first-order chi connectivity index (χ1) is 9.75. The van der Waals surface area contributed by atoms with E-state index in [1.807, 2.05) is 13.8 Å². The van der Waals surface area contributed by atoms with E-state index in [2.05, 4.69) is 15.6 Å². The van der Waals surface area contributed by atoms with Gasteiger partial charge in [-0.05, 0) is 25.8 Å². The van der Waals surface area contributed by atoms with E-state index < -0.39 is 15.4 Å². The van der Waals surface area contributed by atoms with Gasteiger partial charge in [0.25, 0.3) is 0 Å². The van der Waals surface area contributed by atoms with Crippen molar-refractivity contribution in [2.45, 2.75) is 32.2 Å². The fourth-order valence-electron chi connectivity index (χ4n) is 2.32. The summed E-state index contributed by atoms with van der Waals surface area (Å²) in [7, 11) is -2.99. The highest BCUT2D eigenvalue weighted by atomic mass is 35.5. The van der Waals surface area contributed by atoms with E-state index in [1.54, 1.807) is 6.07 Å². The maximum absolute atomic E-state index is 11.7. The van der Waals surface area contributed by atoms with Crippen LogP contribution < -0.4 is 10.6 Å². The second kappa shape index (κ2) is 6.18. The molecule has 0 spiro atoms. The lowest BCUT2D eigenvalue weighted by Crippen LogP contribution is -2.36. The topological polar surface area (TPSA) is 71.1 Å². The predicted molar refractivity (Wildman–Crippen MR) is 88.3 cm³/mol. The molecule has 8 heteroatoms. The molecule has 1 aliphatic heterocycles. The number of hydrogen-bond acceptors (Lipinski definition) is 5. The molecule has 1 aromatic rings. The molecule has 0 saturated carbocycles. The summed E-state index contributed by atoms with van der Waals surface area (Å²) in [6, 6.07) is 1.61. The van der Waals surface area contributed by atoms with Crippen LogP contribution in [0.1, 0.15) is 26.7 Å². The maximum Gasteiger partial charge on any atom is 0.152 e. The van der Waals surface area contributed by atoms with Gasteiger partial charge in [0.15, 0.2) is 9.84 Å². The number of nitrogens with zero attached hydrogens (tertiary/aromatic N) is 1. The number of rotatable bonds is 5. The van der Waals surface area contributed by atoms with E-state index >= 15 is 0 Å². The second-order valence-electron chi connectivity index (χ2n) is 5.60. The molecule has 0 aromatic carbocycles. The molecular weight excluding hydrogens is 333 g/mol. The first-order valence-electron chi connectivity index (χ1n) is 6.83. The Balaban J connectivity index is 2.23. The van der Waals surface area contributed by atoms with Gasteiger partial charge in [-0.15, -0.1) is 0 Å². The van der Waals surface area contributed by atoms with Crippen LogP contribution in [0.2, 0.25) is 10.0 Å². The average Bonchev–Trinajstić information content (AvgIpc) is 2.65. The minimum atomic E-state index is -2.99. The van der Waals surface area contributed by atoms with Crippen molar-refractivity contribution in [2.24, 2.45) is 0 Å². The molecule has 1 unspecified atom stereocenters. The Kier molecular flexibility index (Phi) is 4.90. The molecule has 0 bridgehead atoms. The number of sulfone groups is 1. The lowest BCUT2D eigenvalue weighted by atomic mass is 10.0. The van der Waals surface area contributed by atoms with E-state index in [-0.39, 0.29) is 11.5 Å². The number of halogens is 2. The number of nitrogens with one attached hydrogen (secondary N) is 2. The second-order valence-corrected chi connectivity index (χ2v) is 8.60. The van der Waals surface area contributed by atoms with Crippen LogP contribution in [-0.4, -0.2) is 37.0 Å². The van der Waals surface area contributed by atoms with E-state index in [4.69, 9.17) is 23.2 Å². The van der Waals surface area contributed by atoms with Crippen molar-refractivity contribution in [1.82, 2.24) is 4.98 Å². The van der Waals surface area contributed by atoms with Gasteiger partial charge in [0.05, 0.1) is 27.1 Å². The first-order valence-corrected chi connectivity index (χ1v) is 9.41. The molecule has 0 amide bonds. The smallest absolute Gasteiger partial charge is 0.152 e. The molecule has 2 rings (SSSR count). The Hall–Kier alpha value is -0.720. The van der Waals surface area contributed by atoms with Crippen LogP contribution in [0.3, 0.4) is 0 Å². The van der Waals surface area contributed by atoms with Crippen LogP contribution >= 0.6 is 23.2 Å². The Morgan fingerprint density at radius 3 is 2.57 bits per heavy atom. The molecule has 0 aliphatic carbocycles. The van der Waals surface area contributed by atoms with E-state index in [0.29, 0.717) is 28.1 Å². The molecule has 2 heterocycles. The van der Waals surface area contributed by atoms with Crippen molar-refractivity contribution in [3.63, 3.8) is 0 Å². The third-order valence-corrected chi connectivity index (χ3v) is 5.87. The van der Waals surface area contributed by atoms with Crippen LogP contribution in [0, 0.1) is 0 Å². The van der Waals surface area contributed by atoms with Gasteiger partial charge >= 0.3 is 0 Å². The van der Waals surface area contributed by atoms with Crippen LogP contribution in [0.5, 0.6) is 0 Å². The molecule has 1 aliphatic rings. The van der Waals surface area contributed by atoms with Gasteiger partial charge in [-0.2, -0.15) is 0 Å². The fraction of sp³-hybridized carbons (Fsp3) is 0.615. The molecule has 118 valence electrons. The summed E-state index contributed by atoms with van der Waals surface area (Å²) >= 11 is 12.3. The standard InChI is InChI=1S/C13H19Cl2N3O2S/c1-3-5-16-11-9(14)7-10(15)12(17-11)18-13(2)4-6-21(19,20)8-13/h7H,3-6,8H2,1-2H3,(H2,16,17,18). The van der Waals surface area contributed by atoms with Crippen molar-refractivity contribution in [3.8, 4) is 0 Å². The van der Waals surface area contributed by atoms with E-state index in [0.717, 1.165) is 13.0 Å². The zero-order valence-electron chi connectivity index (χ0n) is 12.0. The summed E-state index contributed by atoms with van der Waals surface area (Å²) in [6.07, 6.45) is 1.48. The number of pyridine rings is 1. The lowest BCUT2D eigenvalue weighted by molar-refractivity contribution is 0.572. The minimum Gasteiger partial charge on any atom is -0.369 e. The van der Waals surface area contributed by atoms with E-state index in [1.165, 1.54) is 0 Å². The lowest BCUT2D eigenvalue weighted by Gasteiger charge is -2.25. The predicted octanol–water partition coefficient (Wildman–Crippen LogP) is 3.20. The van der Waals surface area contributed by atoms with Crippen molar-refractivity contribution in [2.75, 3.05) is 28.7 Å². The van der Waals surface area contributed by atoms with E-state index in [9.17, 15) is 8.42 Å². The zero-order chi connectivity index (χ0) is 15.7.